The van der Waals surface area contributed by atoms with Gasteiger partial charge in [-0.3, -0.25) is 4.98 Å². The van der Waals surface area contributed by atoms with Gasteiger partial charge in [-0.2, -0.15) is 10.4 Å². The molecule has 1 aliphatic rings. The summed E-state index contributed by atoms with van der Waals surface area (Å²) >= 11 is 0. The van der Waals surface area contributed by atoms with Gasteiger partial charge in [0.1, 0.15) is 34.7 Å². The Bertz CT molecular complexity index is 1630. The predicted octanol–water partition coefficient (Wildman–Crippen LogP) is 3.78. The van der Waals surface area contributed by atoms with Crippen LogP contribution in [0.15, 0.2) is 55.1 Å². The van der Waals surface area contributed by atoms with Gasteiger partial charge in [0.2, 0.25) is 0 Å². The van der Waals surface area contributed by atoms with E-state index in [-0.39, 0.29) is 19.0 Å². The number of nitrogens with zero attached hydrogens (tertiary/aromatic N) is 7. The molecule has 0 radical (unpaired) electrons. The zero-order valence-corrected chi connectivity index (χ0v) is 21.6. The topological polar surface area (TPSA) is 126 Å². The second-order valence-corrected chi connectivity index (χ2v) is 9.24. The van der Waals surface area contributed by atoms with E-state index in [2.05, 4.69) is 31.8 Å². The van der Waals surface area contributed by atoms with E-state index in [0.29, 0.717) is 22.9 Å². The normalized spacial score (nSPS) is 14.8. The molecule has 1 unspecified atom stereocenters. The Balaban J connectivity index is 0.00000294. The molecule has 0 spiro atoms. The maximum atomic E-state index is 10.4. The van der Waals surface area contributed by atoms with Crippen molar-refractivity contribution in [1.29, 1.82) is 5.26 Å². The second kappa shape index (κ2) is 10.8. The number of pyridine rings is 2. The third kappa shape index (κ3) is 4.45. The summed E-state index contributed by atoms with van der Waals surface area (Å²) in [6.45, 7) is 3.66. The molecule has 194 valence electrons. The smallest absolute Gasteiger partial charge is 0.149 e. The van der Waals surface area contributed by atoms with Crippen LogP contribution >= 0.6 is 12.4 Å². The predicted molar refractivity (Wildman–Crippen MR) is 144 cm³/mol. The van der Waals surface area contributed by atoms with E-state index in [1.807, 2.05) is 48.1 Å². The lowest BCUT2D eigenvalue weighted by Gasteiger charge is -2.23. The number of rotatable bonds is 6. The molecule has 1 saturated heterocycles. The summed E-state index contributed by atoms with van der Waals surface area (Å²) in [6.07, 6.45) is 8.13. The molecule has 10 nitrogen and oxygen atoms in total. The molecule has 0 aliphatic carbocycles. The van der Waals surface area contributed by atoms with Crippen molar-refractivity contribution >= 4 is 28.7 Å². The zero-order valence-electron chi connectivity index (χ0n) is 20.8. The molecule has 38 heavy (non-hydrogen) atoms. The fourth-order valence-corrected chi connectivity index (χ4v) is 5.14. The Morgan fingerprint density at radius 3 is 2.82 bits per heavy atom. The number of fused-ring (bicyclic) bond motifs is 2. The molecule has 0 saturated carbocycles. The fraction of sp³-hybridized carbons (Fsp3) is 0.296. The highest BCUT2D eigenvalue weighted by Gasteiger charge is 2.24. The van der Waals surface area contributed by atoms with Crippen LogP contribution < -0.4 is 10.1 Å². The van der Waals surface area contributed by atoms with E-state index < -0.39 is 6.10 Å². The molecule has 1 fully saturated rings. The van der Waals surface area contributed by atoms with E-state index in [9.17, 15) is 10.4 Å². The number of aliphatic hydroxyl groups is 1. The van der Waals surface area contributed by atoms with Crippen molar-refractivity contribution in [1.82, 2.24) is 34.9 Å². The monoisotopic (exact) mass is 530 g/mol. The Morgan fingerprint density at radius 2 is 2.03 bits per heavy atom. The van der Waals surface area contributed by atoms with Crippen LogP contribution in [0.1, 0.15) is 41.8 Å². The van der Waals surface area contributed by atoms with Crippen molar-refractivity contribution in [3.63, 3.8) is 0 Å². The van der Waals surface area contributed by atoms with Gasteiger partial charge in [0, 0.05) is 35.1 Å². The number of aliphatic hydroxyl groups excluding tert-OH is 1. The van der Waals surface area contributed by atoms with Crippen LogP contribution in [0.2, 0.25) is 0 Å². The number of aromatic nitrogens is 6. The van der Waals surface area contributed by atoms with Crippen LogP contribution in [0.3, 0.4) is 0 Å². The first-order chi connectivity index (χ1) is 18.2. The van der Waals surface area contributed by atoms with Crippen LogP contribution in [0, 0.1) is 18.3 Å². The summed E-state index contributed by atoms with van der Waals surface area (Å²) in [4.78, 5) is 4.35. The summed E-state index contributed by atoms with van der Waals surface area (Å²) in [5.41, 5.74) is 4.12. The molecule has 4 aromatic heterocycles. The molecular weight excluding hydrogens is 504 g/mol. The Hall–Kier alpha value is -4.04. The Morgan fingerprint density at radius 1 is 1.21 bits per heavy atom. The number of halogens is 1. The minimum Gasteiger partial charge on any atom is -0.481 e. The van der Waals surface area contributed by atoms with Gasteiger partial charge in [0.15, 0.2) is 0 Å². The van der Waals surface area contributed by atoms with Gasteiger partial charge < -0.3 is 15.2 Å². The van der Waals surface area contributed by atoms with Crippen molar-refractivity contribution in [3.05, 3.63) is 71.9 Å². The molecule has 1 aromatic carbocycles. The third-order valence-corrected chi connectivity index (χ3v) is 7.03. The minimum atomic E-state index is -0.703. The maximum absolute atomic E-state index is 10.4. The van der Waals surface area contributed by atoms with Crippen LogP contribution in [0.4, 0.5) is 0 Å². The quantitative estimate of drug-likeness (QED) is 0.339. The zero-order chi connectivity index (χ0) is 25.4. The molecule has 5 heterocycles. The molecule has 1 aliphatic heterocycles. The van der Waals surface area contributed by atoms with Gasteiger partial charge in [0.05, 0.1) is 24.5 Å². The van der Waals surface area contributed by atoms with Crippen molar-refractivity contribution in [2.24, 2.45) is 0 Å². The first-order valence-electron chi connectivity index (χ1n) is 12.3. The lowest BCUT2D eigenvalue weighted by atomic mass is 10.0. The SMILES string of the molecule is Cc1c(-c2cc(OC(CO)c3cncc4ccccc34)c3c(C#N)cnn3c2)nnn1C1CCNCC1.Cl. The number of piperidine rings is 1. The van der Waals surface area contributed by atoms with Gasteiger partial charge in [-0.05, 0) is 44.3 Å². The molecule has 1 atom stereocenters. The lowest BCUT2D eigenvalue weighted by Crippen LogP contribution is -2.30. The van der Waals surface area contributed by atoms with Crippen LogP contribution in [-0.4, -0.2) is 54.4 Å². The summed E-state index contributed by atoms with van der Waals surface area (Å²) in [6, 6.07) is 12.2. The standard InChI is InChI=1S/C27H26N8O2.ClH/c1-17-26(32-33-35(17)21-6-8-29-9-7-21)19-10-24(27-20(11-28)13-31-34(27)15-19)37-25(16-36)23-14-30-12-18-4-2-3-5-22(18)23;/h2-5,10,12-15,21,25,29,36H,6-9,16H2,1H3;1H. The second-order valence-electron chi connectivity index (χ2n) is 9.24. The van der Waals surface area contributed by atoms with E-state index >= 15 is 0 Å². The first-order valence-corrected chi connectivity index (χ1v) is 12.3. The van der Waals surface area contributed by atoms with Crippen LogP contribution in [-0.2, 0) is 0 Å². The highest BCUT2D eigenvalue weighted by Crippen LogP contribution is 2.35. The number of benzene rings is 1. The molecule has 11 heteroatoms. The highest BCUT2D eigenvalue weighted by atomic mass is 35.5. The van der Waals surface area contributed by atoms with Crippen LogP contribution in [0.25, 0.3) is 27.5 Å². The molecule has 5 aromatic rings. The summed E-state index contributed by atoms with van der Waals surface area (Å²) in [7, 11) is 0. The number of nitriles is 1. The number of ether oxygens (including phenoxy) is 1. The van der Waals surface area contributed by atoms with E-state index in [1.165, 1.54) is 6.20 Å². The highest BCUT2D eigenvalue weighted by molar-refractivity contribution is 5.85. The minimum absolute atomic E-state index is 0. The molecule has 0 bridgehead atoms. The summed E-state index contributed by atoms with van der Waals surface area (Å²) in [5, 5.41) is 38.7. The van der Waals surface area contributed by atoms with E-state index in [4.69, 9.17) is 4.74 Å². The number of hydrogen-bond acceptors (Lipinski definition) is 8. The molecular formula is C27H27ClN8O2. The number of nitrogens with one attached hydrogen (secondary N) is 1. The summed E-state index contributed by atoms with van der Waals surface area (Å²) < 4.78 is 10.1. The molecule has 0 amide bonds. The maximum Gasteiger partial charge on any atom is 0.149 e. The third-order valence-electron chi connectivity index (χ3n) is 7.03. The average Bonchev–Trinajstić information content (AvgIpc) is 3.55. The van der Waals surface area contributed by atoms with Gasteiger partial charge in [-0.25, -0.2) is 9.20 Å². The van der Waals surface area contributed by atoms with Gasteiger partial charge in [-0.1, -0.05) is 29.5 Å². The van der Waals surface area contributed by atoms with Crippen molar-refractivity contribution in [2.75, 3.05) is 19.7 Å². The van der Waals surface area contributed by atoms with Crippen molar-refractivity contribution < 1.29 is 9.84 Å². The lowest BCUT2D eigenvalue weighted by molar-refractivity contribution is 0.118. The first kappa shape index (κ1) is 25.6. The van der Waals surface area contributed by atoms with Crippen molar-refractivity contribution in [2.45, 2.75) is 31.9 Å². The molecule has 6 rings (SSSR count). The van der Waals surface area contributed by atoms with Crippen LogP contribution in [0.5, 0.6) is 5.75 Å². The number of hydrogen-bond donors (Lipinski definition) is 2. The van der Waals surface area contributed by atoms with E-state index in [0.717, 1.165) is 59.2 Å². The van der Waals surface area contributed by atoms with Crippen molar-refractivity contribution in [3.8, 4) is 23.1 Å². The molecule has 2 N–H and O–H groups in total. The van der Waals surface area contributed by atoms with Gasteiger partial charge in [-0.15, -0.1) is 17.5 Å². The van der Waals surface area contributed by atoms with Gasteiger partial charge in [0.25, 0.3) is 0 Å². The largest absolute Gasteiger partial charge is 0.481 e. The average molecular weight is 531 g/mol. The Kier molecular flexibility index (Phi) is 7.24. The Labute approximate surface area is 225 Å². The fourth-order valence-electron chi connectivity index (χ4n) is 5.14. The summed E-state index contributed by atoms with van der Waals surface area (Å²) in [5.74, 6) is 0.425. The van der Waals surface area contributed by atoms with E-state index in [1.54, 1.807) is 16.9 Å². The van der Waals surface area contributed by atoms with Gasteiger partial charge >= 0.3 is 0 Å².